The van der Waals surface area contributed by atoms with E-state index in [-0.39, 0.29) is 0 Å². The zero-order chi connectivity index (χ0) is 15.3. The molecule has 0 fully saturated rings. The van der Waals surface area contributed by atoms with E-state index in [1.165, 1.54) is 51.4 Å². The first kappa shape index (κ1) is 19.9. The topological polar surface area (TPSA) is 60.7 Å². The van der Waals surface area contributed by atoms with Crippen molar-refractivity contribution in [1.29, 1.82) is 0 Å². The summed E-state index contributed by atoms with van der Waals surface area (Å²) < 4.78 is 0. The molecule has 0 aliphatic rings. The molecular weight excluding hydrogens is 252 g/mol. The Morgan fingerprint density at radius 3 is 1.40 bits per heavy atom. The molecule has 0 aromatic carbocycles. The predicted molar refractivity (Wildman–Crippen MR) is 84.8 cm³/mol. The lowest BCUT2D eigenvalue weighted by atomic mass is 9.96. The Balaban J connectivity index is 3.14. The van der Waals surface area contributed by atoms with Crippen molar-refractivity contribution in [3.63, 3.8) is 0 Å². The summed E-state index contributed by atoms with van der Waals surface area (Å²) in [5.41, 5.74) is -0.962. The highest BCUT2D eigenvalue weighted by Gasteiger charge is 2.23. The minimum Gasteiger partial charge on any atom is -0.396 e. The third-order valence-corrected chi connectivity index (χ3v) is 3.95. The number of aliphatic hydroxyl groups excluding tert-OH is 2. The molecule has 3 heteroatoms. The quantitative estimate of drug-likeness (QED) is 0.426. The molecule has 3 N–H and O–H groups in total. The lowest BCUT2D eigenvalue weighted by Gasteiger charge is -2.24. The molecule has 0 aliphatic heterocycles. The first-order chi connectivity index (χ1) is 9.48. The fourth-order valence-corrected chi connectivity index (χ4v) is 2.39. The smallest absolute Gasteiger partial charge is 0.0849 e. The van der Waals surface area contributed by atoms with Crippen LogP contribution in [0.4, 0.5) is 0 Å². The van der Waals surface area contributed by atoms with Crippen molar-refractivity contribution < 1.29 is 15.3 Å². The SMILES string of the molecule is CC(C)(O)C(O)CCCCCCCCCCCCCO. The van der Waals surface area contributed by atoms with Crippen LogP contribution in [0.1, 0.15) is 90.9 Å². The molecule has 0 saturated heterocycles. The van der Waals surface area contributed by atoms with Gasteiger partial charge in [-0.1, -0.05) is 64.2 Å². The molecule has 20 heavy (non-hydrogen) atoms. The average molecular weight is 288 g/mol. The summed E-state index contributed by atoms with van der Waals surface area (Å²) in [5.74, 6) is 0. The second kappa shape index (κ2) is 12.6. The zero-order valence-electron chi connectivity index (χ0n) is 13.6. The van der Waals surface area contributed by atoms with Crippen LogP contribution < -0.4 is 0 Å². The Morgan fingerprint density at radius 2 is 1.05 bits per heavy atom. The normalized spacial score (nSPS) is 13.7. The van der Waals surface area contributed by atoms with Gasteiger partial charge in [-0.05, 0) is 26.7 Å². The van der Waals surface area contributed by atoms with Crippen LogP contribution >= 0.6 is 0 Å². The van der Waals surface area contributed by atoms with Crippen LogP contribution in [0.15, 0.2) is 0 Å². The molecule has 0 aliphatic carbocycles. The number of aliphatic hydroxyl groups is 3. The van der Waals surface area contributed by atoms with Crippen LogP contribution in [0.5, 0.6) is 0 Å². The first-order valence-electron chi connectivity index (χ1n) is 8.49. The van der Waals surface area contributed by atoms with E-state index in [0.717, 1.165) is 19.3 Å². The van der Waals surface area contributed by atoms with Crippen molar-refractivity contribution in [2.45, 2.75) is 103 Å². The molecule has 0 bridgehead atoms. The maximum atomic E-state index is 9.68. The van der Waals surface area contributed by atoms with Crippen molar-refractivity contribution >= 4 is 0 Å². The fraction of sp³-hybridized carbons (Fsp3) is 1.00. The minimum atomic E-state index is -0.962. The van der Waals surface area contributed by atoms with Crippen LogP contribution in [0.25, 0.3) is 0 Å². The van der Waals surface area contributed by atoms with Crippen molar-refractivity contribution in [2.75, 3.05) is 6.61 Å². The van der Waals surface area contributed by atoms with Crippen LogP contribution in [-0.4, -0.2) is 33.6 Å². The minimum absolute atomic E-state index is 0.335. The molecule has 0 aromatic rings. The number of hydrogen-bond acceptors (Lipinski definition) is 3. The molecule has 3 nitrogen and oxygen atoms in total. The van der Waals surface area contributed by atoms with E-state index in [1.807, 2.05) is 0 Å². The van der Waals surface area contributed by atoms with Crippen molar-refractivity contribution in [3.8, 4) is 0 Å². The van der Waals surface area contributed by atoms with Gasteiger partial charge >= 0.3 is 0 Å². The molecule has 122 valence electrons. The largest absolute Gasteiger partial charge is 0.396 e. The summed E-state index contributed by atoms with van der Waals surface area (Å²) in [6.45, 7) is 3.67. The molecule has 0 aromatic heterocycles. The monoisotopic (exact) mass is 288 g/mol. The predicted octanol–water partition coefficient (Wildman–Crippen LogP) is 3.79. The summed E-state index contributed by atoms with van der Waals surface area (Å²) in [4.78, 5) is 0. The Morgan fingerprint density at radius 1 is 0.700 bits per heavy atom. The van der Waals surface area contributed by atoms with Crippen molar-refractivity contribution in [1.82, 2.24) is 0 Å². The van der Waals surface area contributed by atoms with E-state index >= 15 is 0 Å². The molecule has 1 unspecified atom stereocenters. The molecule has 0 heterocycles. The lowest BCUT2D eigenvalue weighted by Crippen LogP contribution is -2.35. The molecule has 0 spiro atoms. The lowest BCUT2D eigenvalue weighted by molar-refractivity contribution is -0.0522. The van der Waals surface area contributed by atoms with Crippen LogP contribution in [0, 0.1) is 0 Å². The third kappa shape index (κ3) is 12.9. The Bertz CT molecular complexity index is 199. The molecule has 1 atom stereocenters. The first-order valence-corrected chi connectivity index (χ1v) is 8.49. The highest BCUT2D eigenvalue weighted by molar-refractivity contribution is 4.75. The zero-order valence-corrected chi connectivity index (χ0v) is 13.6. The van der Waals surface area contributed by atoms with Gasteiger partial charge in [-0.25, -0.2) is 0 Å². The van der Waals surface area contributed by atoms with Gasteiger partial charge in [0.25, 0.3) is 0 Å². The van der Waals surface area contributed by atoms with E-state index in [0.29, 0.717) is 13.0 Å². The van der Waals surface area contributed by atoms with Gasteiger partial charge in [-0.15, -0.1) is 0 Å². The fourth-order valence-electron chi connectivity index (χ4n) is 2.39. The van der Waals surface area contributed by atoms with E-state index in [4.69, 9.17) is 5.11 Å². The number of unbranched alkanes of at least 4 members (excludes halogenated alkanes) is 10. The summed E-state index contributed by atoms with van der Waals surface area (Å²) in [6.07, 6.45) is 13.4. The standard InChI is InChI=1S/C17H36O3/c1-17(2,20)16(19)14-12-10-8-6-4-3-5-7-9-11-13-15-18/h16,18-20H,3-15H2,1-2H3. The van der Waals surface area contributed by atoms with E-state index in [9.17, 15) is 10.2 Å². The molecule has 0 rings (SSSR count). The van der Waals surface area contributed by atoms with Crippen LogP contribution in [0.3, 0.4) is 0 Å². The molecule has 0 amide bonds. The maximum absolute atomic E-state index is 9.68. The Hall–Kier alpha value is -0.120. The number of hydrogen-bond donors (Lipinski definition) is 3. The molecule has 0 saturated carbocycles. The summed E-state index contributed by atoms with van der Waals surface area (Å²) in [5, 5.41) is 27.9. The van der Waals surface area contributed by atoms with E-state index in [2.05, 4.69) is 0 Å². The van der Waals surface area contributed by atoms with E-state index in [1.54, 1.807) is 13.8 Å². The third-order valence-electron chi connectivity index (χ3n) is 3.95. The highest BCUT2D eigenvalue weighted by Crippen LogP contribution is 2.16. The van der Waals surface area contributed by atoms with Crippen LogP contribution in [0.2, 0.25) is 0 Å². The van der Waals surface area contributed by atoms with Gasteiger partial charge < -0.3 is 15.3 Å². The van der Waals surface area contributed by atoms with Gasteiger partial charge in [0.05, 0.1) is 11.7 Å². The van der Waals surface area contributed by atoms with Gasteiger partial charge in [-0.3, -0.25) is 0 Å². The molecule has 0 radical (unpaired) electrons. The second-order valence-corrected chi connectivity index (χ2v) is 6.57. The van der Waals surface area contributed by atoms with E-state index < -0.39 is 11.7 Å². The summed E-state index contributed by atoms with van der Waals surface area (Å²) in [7, 11) is 0. The molecular formula is C17H36O3. The van der Waals surface area contributed by atoms with Gasteiger partial charge in [0, 0.05) is 6.61 Å². The van der Waals surface area contributed by atoms with Gasteiger partial charge in [0.15, 0.2) is 0 Å². The Kier molecular flexibility index (Phi) is 12.5. The van der Waals surface area contributed by atoms with Gasteiger partial charge in [-0.2, -0.15) is 0 Å². The maximum Gasteiger partial charge on any atom is 0.0849 e. The average Bonchev–Trinajstić information content (AvgIpc) is 2.38. The summed E-state index contributed by atoms with van der Waals surface area (Å²) >= 11 is 0. The second-order valence-electron chi connectivity index (χ2n) is 6.57. The van der Waals surface area contributed by atoms with Crippen LogP contribution in [-0.2, 0) is 0 Å². The summed E-state index contributed by atoms with van der Waals surface area (Å²) in [6, 6.07) is 0. The number of rotatable bonds is 14. The highest BCUT2D eigenvalue weighted by atomic mass is 16.3. The van der Waals surface area contributed by atoms with Gasteiger partial charge in [0.2, 0.25) is 0 Å². The van der Waals surface area contributed by atoms with Gasteiger partial charge in [0.1, 0.15) is 0 Å². The van der Waals surface area contributed by atoms with Crippen molar-refractivity contribution in [2.24, 2.45) is 0 Å². The Labute approximate surface area is 125 Å². The van der Waals surface area contributed by atoms with Crippen molar-refractivity contribution in [3.05, 3.63) is 0 Å².